The third-order valence-electron chi connectivity index (χ3n) is 4.21. The normalized spacial score (nSPS) is 14.9. The highest BCUT2D eigenvalue weighted by atomic mass is 16.5. The van der Waals surface area contributed by atoms with Crippen molar-refractivity contribution in [1.82, 2.24) is 0 Å². The molecule has 1 saturated heterocycles. The fourth-order valence-electron chi connectivity index (χ4n) is 3.03. The molecule has 0 saturated carbocycles. The van der Waals surface area contributed by atoms with Crippen LogP contribution in [0.5, 0.6) is 5.75 Å². The first kappa shape index (κ1) is 14.8. The van der Waals surface area contributed by atoms with E-state index in [2.05, 4.69) is 0 Å². The Morgan fingerprint density at radius 2 is 1.75 bits per heavy atom. The van der Waals surface area contributed by atoms with Gasteiger partial charge in [-0.3, -0.25) is 4.79 Å². The van der Waals surface area contributed by atoms with E-state index >= 15 is 0 Å². The molecule has 2 heterocycles. The third-order valence-corrected chi connectivity index (χ3v) is 4.21. The summed E-state index contributed by atoms with van der Waals surface area (Å²) in [4.78, 5) is 15.1. The number of morpholine rings is 1. The molecule has 0 radical (unpaired) electrons. The van der Waals surface area contributed by atoms with Gasteiger partial charge in [0, 0.05) is 18.7 Å². The van der Waals surface area contributed by atoms with Crippen LogP contribution in [0.3, 0.4) is 0 Å². The van der Waals surface area contributed by atoms with Gasteiger partial charge in [-0.25, -0.2) is 0 Å². The summed E-state index contributed by atoms with van der Waals surface area (Å²) in [7, 11) is 0. The number of fused-ring (bicyclic) bond motifs is 1. The zero-order valence-corrected chi connectivity index (χ0v) is 13.1. The molecule has 122 valence electrons. The summed E-state index contributed by atoms with van der Waals surface area (Å²) in [6.07, 6.45) is 0. The van der Waals surface area contributed by atoms with Gasteiger partial charge in [-0.05, 0) is 18.2 Å². The van der Waals surface area contributed by atoms with Crippen LogP contribution >= 0.6 is 0 Å². The van der Waals surface area contributed by atoms with Gasteiger partial charge in [0.05, 0.1) is 18.6 Å². The van der Waals surface area contributed by atoms with E-state index in [1.807, 2.05) is 35.2 Å². The predicted octanol–water partition coefficient (Wildman–Crippen LogP) is 3.00. The van der Waals surface area contributed by atoms with Crippen LogP contribution in [0.25, 0.3) is 22.3 Å². The molecule has 1 aromatic heterocycles. The van der Waals surface area contributed by atoms with Crippen molar-refractivity contribution in [1.29, 1.82) is 0 Å². The van der Waals surface area contributed by atoms with Crippen molar-refractivity contribution in [3.63, 3.8) is 0 Å². The van der Waals surface area contributed by atoms with Gasteiger partial charge in [0.25, 0.3) is 0 Å². The molecule has 0 aliphatic carbocycles. The second-order valence-electron chi connectivity index (χ2n) is 5.75. The van der Waals surface area contributed by atoms with E-state index in [0.29, 0.717) is 48.7 Å². The lowest BCUT2D eigenvalue weighted by molar-refractivity contribution is 0.122. The number of benzene rings is 2. The van der Waals surface area contributed by atoms with Crippen LogP contribution < -0.4 is 10.3 Å². The van der Waals surface area contributed by atoms with Crippen molar-refractivity contribution in [2.45, 2.75) is 0 Å². The molecular weight excluding hydrogens is 306 g/mol. The minimum absolute atomic E-state index is 0.0511. The monoisotopic (exact) mass is 323 g/mol. The largest absolute Gasteiger partial charge is 0.508 e. The Bertz CT molecular complexity index is 927. The fraction of sp³-hybridized carbons (Fsp3) is 0.211. The fourth-order valence-corrected chi connectivity index (χ4v) is 3.03. The van der Waals surface area contributed by atoms with Crippen molar-refractivity contribution in [2.75, 3.05) is 31.2 Å². The first-order valence-corrected chi connectivity index (χ1v) is 7.92. The number of phenols is 1. The Labute approximate surface area is 138 Å². The van der Waals surface area contributed by atoms with Crippen molar-refractivity contribution in [3.05, 3.63) is 58.8 Å². The molecule has 0 spiro atoms. The third kappa shape index (κ3) is 2.53. The second kappa shape index (κ2) is 6.02. The topological polar surface area (TPSA) is 62.9 Å². The molecular formula is C19H17NO4. The van der Waals surface area contributed by atoms with Crippen LogP contribution in [0, 0.1) is 0 Å². The van der Waals surface area contributed by atoms with E-state index in [4.69, 9.17) is 9.15 Å². The van der Waals surface area contributed by atoms with Crippen LogP contribution in [0.15, 0.2) is 57.7 Å². The van der Waals surface area contributed by atoms with Crippen LogP contribution in [0.4, 0.5) is 5.69 Å². The number of hydrogen-bond acceptors (Lipinski definition) is 5. The number of aromatic hydroxyl groups is 1. The van der Waals surface area contributed by atoms with Crippen LogP contribution in [-0.2, 0) is 4.74 Å². The van der Waals surface area contributed by atoms with Crippen LogP contribution in [0.1, 0.15) is 0 Å². The quantitative estimate of drug-likeness (QED) is 0.785. The molecule has 24 heavy (non-hydrogen) atoms. The molecule has 0 amide bonds. The SMILES string of the molecule is O=c1c(N2CCOCC2)c(-c2ccccc2)oc2ccc(O)cc12. The van der Waals surface area contributed by atoms with Gasteiger partial charge in [-0.1, -0.05) is 30.3 Å². The molecule has 4 rings (SSSR count). The summed E-state index contributed by atoms with van der Waals surface area (Å²) in [6, 6.07) is 14.2. The van der Waals surface area contributed by atoms with Gasteiger partial charge in [-0.15, -0.1) is 0 Å². The predicted molar refractivity (Wildman–Crippen MR) is 92.6 cm³/mol. The molecule has 1 N–H and O–H groups in total. The van der Waals surface area contributed by atoms with Gasteiger partial charge in [-0.2, -0.15) is 0 Å². The number of hydrogen-bond donors (Lipinski definition) is 1. The molecule has 1 aliphatic rings. The lowest BCUT2D eigenvalue weighted by Gasteiger charge is -2.29. The van der Waals surface area contributed by atoms with E-state index in [1.54, 1.807) is 6.07 Å². The van der Waals surface area contributed by atoms with Crippen molar-refractivity contribution in [2.24, 2.45) is 0 Å². The zero-order chi connectivity index (χ0) is 16.5. The summed E-state index contributed by atoms with van der Waals surface area (Å²) < 4.78 is 11.5. The summed E-state index contributed by atoms with van der Waals surface area (Å²) in [5.74, 6) is 0.607. The molecule has 0 atom stereocenters. The highest BCUT2D eigenvalue weighted by molar-refractivity contribution is 5.87. The van der Waals surface area contributed by atoms with Crippen LogP contribution in [0.2, 0.25) is 0 Å². The maximum Gasteiger partial charge on any atom is 0.216 e. The average Bonchev–Trinajstić information content (AvgIpc) is 2.63. The van der Waals surface area contributed by atoms with E-state index in [0.717, 1.165) is 5.56 Å². The van der Waals surface area contributed by atoms with Crippen molar-refractivity contribution in [3.8, 4) is 17.1 Å². The Kier molecular flexibility index (Phi) is 3.70. The molecule has 1 fully saturated rings. The number of nitrogens with zero attached hydrogens (tertiary/aromatic N) is 1. The van der Waals surface area contributed by atoms with Gasteiger partial charge in [0.1, 0.15) is 17.0 Å². The summed E-state index contributed by atoms with van der Waals surface area (Å²) in [5, 5.41) is 10.1. The smallest absolute Gasteiger partial charge is 0.216 e. The maximum absolute atomic E-state index is 13.1. The van der Waals surface area contributed by atoms with Gasteiger partial charge in [0.2, 0.25) is 5.43 Å². The Hall–Kier alpha value is -2.79. The Balaban J connectivity index is 2.01. The molecule has 5 nitrogen and oxygen atoms in total. The lowest BCUT2D eigenvalue weighted by atomic mass is 10.1. The van der Waals surface area contributed by atoms with Crippen LogP contribution in [-0.4, -0.2) is 31.4 Å². The number of anilines is 1. The minimum Gasteiger partial charge on any atom is -0.508 e. The lowest BCUT2D eigenvalue weighted by Crippen LogP contribution is -2.39. The van der Waals surface area contributed by atoms with Gasteiger partial charge >= 0.3 is 0 Å². The number of rotatable bonds is 2. The minimum atomic E-state index is -0.132. The number of phenolic OH excluding ortho intramolecular Hbond substituents is 1. The Morgan fingerprint density at radius 3 is 2.50 bits per heavy atom. The van der Waals surface area contributed by atoms with E-state index in [-0.39, 0.29) is 11.2 Å². The summed E-state index contributed by atoms with van der Waals surface area (Å²) in [6.45, 7) is 2.42. The standard InChI is InChI=1S/C19H17NO4/c21-14-6-7-16-15(12-14)18(22)17(20-8-10-23-11-9-20)19(24-16)13-4-2-1-3-5-13/h1-7,12,21H,8-11H2. The highest BCUT2D eigenvalue weighted by Gasteiger charge is 2.23. The molecule has 1 aliphatic heterocycles. The Morgan fingerprint density at radius 1 is 1.00 bits per heavy atom. The van der Waals surface area contributed by atoms with Gasteiger partial charge < -0.3 is 19.2 Å². The molecule has 5 heteroatoms. The van der Waals surface area contributed by atoms with E-state index < -0.39 is 0 Å². The van der Waals surface area contributed by atoms with E-state index in [1.165, 1.54) is 12.1 Å². The first-order chi connectivity index (χ1) is 11.7. The van der Waals surface area contributed by atoms with E-state index in [9.17, 15) is 9.90 Å². The first-order valence-electron chi connectivity index (χ1n) is 7.92. The maximum atomic E-state index is 13.1. The van der Waals surface area contributed by atoms with Crippen molar-refractivity contribution < 1.29 is 14.3 Å². The van der Waals surface area contributed by atoms with Crippen molar-refractivity contribution >= 4 is 16.7 Å². The molecule has 3 aromatic rings. The molecule has 2 aromatic carbocycles. The highest BCUT2D eigenvalue weighted by Crippen LogP contribution is 2.32. The second-order valence-corrected chi connectivity index (χ2v) is 5.75. The number of ether oxygens (including phenoxy) is 1. The van der Waals surface area contributed by atoms with Gasteiger partial charge in [0.15, 0.2) is 5.76 Å². The summed E-state index contributed by atoms with van der Waals surface area (Å²) >= 11 is 0. The average molecular weight is 323 g/mol. The summed E-state index contributed by atoms with van der Waals surface area (Å²) in [5.41, 5.74) is 1.72. The molecule has 0 bridgehead atoms. The molecule has 0 unspecified atom stereocenters. The zero-order valence-electron chi connectivity index (χ0n) is 13.1.